The number of hydrogen-bond acceptors (Lipinski definition) is 4. The molecule has 0 spiro atoms. The fraction of sp³-hybridized carbons (Fsp3) is 0.211. The van der Waals surface area contributed by atoms with Gasteiger partial charge in [0.25, 0.3) is 0 Å². The third kappa shape index (κ3) is 3.87. The minimum atomic E-state index is 0.636. The molecule has 0 aliphatic heterocycles. The maximum atomic E-state index is 5.40. The summed E-state index contributed by atoms with van der Waals surface area (Å²) in [4.78, 5) is 0. The molecule has 2 aromatic carbocycles. The molecule has 1 N–H and O–H groups in total. The summed E-state index contributed by atoms with van der Waals surface area (Å²) in [6.07, 6.45) is 3.83. The van der Waals surface area contributed by atoms with Crippen LogP contribution in [0.5, 0.6) is 11.5 Å². The van der Waals surface area contributed by atoms with Gasteiger partial charge in [0.15, 0.2) is 0 Å². The number of benzene rings is 2. The summed E-state index contributed by atoms with van der Waals surface area (Å²) in [6, 6.07) is 16.0. The van der Waals surface area contributed by atoms with Crippen LogP contribution >= 0.6 is 0 Å². The summed E-state index contributed by atoms with van der Waals surface area (Å²) in [6.45, 7) is 1.39. The molecule has 5 nitrogen and oxygen atoms in total. The molecule has 124 valence electrons. The molecule has 1 aromatic heterocycles. The monoisotopic (exact) mass is 323 g/mol. The number of anilines is 1. The fourth-order valence-electron chi connectivity index (χ4n) is 2.53. The SMILES string of the molecule is COc1ccc(OC)c(CNc2cnn(Cc3ccccc3)c2)c1. The normalized spacial score (nSPS) is 10.4. The largest absolute Gasteiger partial charge is 0.497 e. The molecule has 0 saturated heterocycles. The van der Waals surface area contributed by atoms with Crippen molar-refractivity contribution in [2.75, 3.05) is 19.5 Å². The van der Waals surface area contributed by atoms with Crippen molar-refractivity contribution in [1.29, 1.82) is 0 Å². The van der Waals surface area contributed by atoms with Crippen LogP contribution in [-0.4, -0.2) is 24.0 Å². The Labute approximate surface area is 141 Å². The molecule has 0 aliphatic rings. The Morgan fingerprint density at radius 1 is 1.04 bits per heavy atom. The average molecular weight is 323 g/mol. The number of aromatic nitrogens is 2. The molecule has 3 rings (SSSR count). The van der Waals surface area contributed by atoms with Crippen molar-refractivity contribution in [3.05, 3.63) is 72.1 Å². The van der Waals surface area contributed by atoms with Crippen molar-refractivity contribution >= 4 is 5.69 Å². The van der Waals surface area contributed by atoms with E-state index in [2.05, 4.69) is 22.5 Å². The van der Waals surface area contributed by atoms with Gasteiger partial charge in [0.2, 0.25) is 0 Å². The second-order valence-electron chi connectivity index (χ2n) is 5.44. The summed E-state index contributed by atoms with van der Waals surface area (Å²) in [5.74, 6) is 1.65. The molecule has 1 heterocycles. The zero-order valence-corrected chi connectivity index (χ0v) is 13.9. The van der Waals surface area contributed by atoms with Gasteiger partial charge in [-0.1, -0.05) is 30.3 Å². The van der Waals surface area contributed by atoms with E-state index in [1.54, 1.807) is 14.2 Å². The Morgan fingerprint density at radius 3 is 2.62 bits per heavy atom. The quantitative estimate of drug-likeness (QED) is 0.722. The van der Waals surface area contributed by atoms with Crippen molar-refractivity contribution in [3.8, 4) is 11.5 Å². The molecule has 3 aromatic rings. The van der Waals surface area contributed by atoms with Crippen molar-refractivity contribution in [1.82, 2.24) is 9.78 Å². The van der Waals surface area contributed by atoms with Crippen molar-refractivity contribution in [2.24, 2.45) is 0 Å². The van der Waals surface area contributed by atoms with Crippen LogP contribution in [0.1, 0.15) is 11.1 Å². The van der Waals surface area contributed by atoms with Gasteiger partial charge in [0.05, 0.1) is 32.6 Å². The molecule has 5 heteroatoms. The van der Waals surface area contributed by atoms with Gasteiger partial charge in [-0.25, -0.2) is 0 Å². The van der Waals surface area contributed by atoms with Crippen LogP contribution in [0, 0.1) is 0 Å². The second-order valence-corrected chi connectivity index (χ2v) is 5.44. The molecule has 0 aliphatic carbocycles. The maximum Gasteiger partial charge on any atom is 0.124 e. The summed E-state index contributed by atoms with van der Waals surface area (Å²) in [5.41, 5.74) is 3.23. The Hall–Kier alpha value is -2.95. The first-order valence-corrected chi connectivity index (χ1v) is 7.79. The third-order valence-electron chi connectivity index (χ3n) is 3.79. The van der Waals surface area contributed by atoms with Gasteiger partial charge in [0.1, 0.15) is 11.5 Å². The lowest BCUT2D eigenvalue weighted by Crippen LogP contribution is -2.02. The second kappa shape index (κ2) is 7.55. The maximum absolute atomic E-state index is 5.40. The Kier molecular flexibility index (Phi) is 5.01. The molecule has 0 saturated carbocycles. The van der Waals surface area contributed by atoms with Crippen molar-refractivity contribution < 1.29 is 9.47 Å². The highest BCUT2D eigenvalue weighted by Gasteiger charge is 2.06. The topological polar surface area (TPSA) is 48.3 Å². The van der Waals surface area contributed by atoms with E-state index in [1.807, 2.05) is 53.5 Å². The molecule has 24 heavy (non-hydrogen) atoms. The first kappa shape index (κ1) is 15.9. The van der Waals surface area contributed by atoms with Crippen LogP contribution in [-0.2, 0) is 13.1 Å². The van der Waals surface area contributed by atoms with E-state index in [4.69, 9.17) is 9.47 Å². The molecular formula is C19H21N3O2. The lowest BCUT2D eigenvalue weighted by Gasteiger charge is -2.11. The molecule has 0 atom stereocenters. The van der Waals surface area contributed by atoms with E-state index >= 15 is 0 Å². The van der Waals surface area contributed by atoms with Gasteiger partial charge in [0, 0.05) is 18.3 Å². The first-order chi connectivity index (χ1) is 11.8. The highest BCUT2D eigenvalue weighted by molar-refractivity contribution is 5.45. The third-order valence-corrected chi connectivity index (χ3v) is 3.79. The van der Waals surface area contributed by atoms with Crippen LogP contribution in [0.4, 0.5) is 5.69 Å². The van der Waals surface area contributed by atoms with Crippen LogP contribution < -0.4 is 14.8 Å². The van der Waals surface area contributed by atoms with E-state index < -0.39 is 0 Å². The van der Waals surface area contributed by atoms with Crippen molar-refractivity contribution in [3.63, 3.8) is 0 Å². The van der Waals surface area contributed by atoms with Gasteiger partial charge in [-0.15, -0.1) is 0 Å². The predicted octanol–water partition coefficient (Wildman–Crippen LogP) is 3.56. The number of hydrogen-bond donors (Lipinski definition) is 1. The smallest absolute Gasteiger partial charge is 0.124 e. The van der Waals surface area contributed by atoms with Gasteiger partial charge < -0.3 is 14.8 Å². The van der Waals surface area contributed by atoms with E-state index in [9.17, 15) is 0 Å². The van der Waals surface area contributed by atoms with E-state index in [-0.39, 0.29) is 0 Å². The van der Waals surface area contributed by atoms with Crippen molar-refractivity contribution in [2.45, 2.75) is 13.1 Å². The zero-order valence-electron chi connectivity index (χ0n) is 13.9. The van der Waals surface area contributed by atoms with Gasteiger partial charge >= 0.3 is 0 Å². The number of ether oxygens (including phenoxy) is 2. The van der Waals surface area contributed by atoms with Gasteiger partial charge in [-0.05, 0) is 23.8 Å². The fourth-order valence-corrected chi connectivity index (χ4v) is 2.53. The first-order valence-electron chi connectivity index (χ1n) is 7.79. The lowest BCUT2D eigenvalue weighted by atomic mass is 10.2. The summed E-state index contributed by atoms with van der Waals surface area (Å²) >= 11 is 0. The highest BCUT2D eigenvalue weighted by Crippen LogP contribution is 2.24. The zero-order chi connectivity index (χ0) is 16.8. The summed E-state index contributed by atoms with van der Waals surface area (Å²) < 4.78 is 12.6. The van der Waals surface area contributed by atoms with Gasteiger partial charge in [-0.2, -0.15) is 5.10 Å². The minimum absolute atomic E-state index is 0.636. The summed E-state index contributed by atoms with van der Waals surface area (Å²) in [5, 5.41) is 7.77. The average Bonchev–Trinajstić information content (AvgIpc) is 3.08. The number of rotatable bonds is 7. The molecule has 0 bridgehead atoms. The van der Waals surface area contributed by atoms with E-state index in [0.29, 0.717) is 6.54 Å². The highest BCUT2D eigenvalue weighted by atomic mass is 16.5. The lowest BCUT2D eigenvalue weighted by molar-refractivity contribution is 0.399. The minimum Gasteiger partial charge on any atom is -0.497 e. The van der Waals surface area contributed by atoms with E-state index in [0.717, 1.165) is 29.3 Å². The van der Waals surface area contributed by atoms with E-state index in [1.165, 1.54) is 5.56 Å². The number of nitrogens with one attached hydrogen (secondary N) is 1. The number of nitrogens with zero attached hydrogens (tertiary/aromatic N) is 2. The Morgan fingerprint density at radius 2 is 1.88 bits per heavy atom. The van der Waals surface area contributed by atoms with Crippen LogP contribution in [0.2, 0.25) is 0 Å². The molecule has 0 unspecified atom stereocenters. The van der Waals surface area contributed by atoms with Crippen LogP contribution in [0.3, 0.4) is 0 Å². The summed E-state index contributed by atoms with van der Waals surface area (Å²) in [7, 11) is 3.33. The Balaban J connectivity index is 1.65. The van der Waals surface area contributed by atoms with Crippen LogP contribution in [0.15, 0.2) is 60.9 Å². The van der Waals surface area contributed by atoms with Gasteiger partial charge in [-0.3, -0.25) is 4.68 Å². The number of methoxy groups -OCH3 is 2. The molecule has 0 fully saturated rings. The Bertz CT molecular complexity index is 784. The molecular weight excluding hydrogens is 302 g/mol. The standard InChI is InChI=1S/C19H21N3O2/c1-23-18-8-9-19(24-2)16(10-18)11-20-17-12-21-22(14-17)13-15-6-4-3-5-7-15/h3-10,12,14,20H,11,13H2,1-2H3. The molecule has 0 radical (unpaired) electrons. The van der Waals surface area contributed by atoms with Crippen LogP contribution in [0.25, 0.3) is 0 Å². The molecule has 0 amide bonds. The predicted molar refractivity (Wildman–Crippen MR) is 94.6 cm³/mol.